The van der Waals surface area contributed by atoms with Gasteiger partial charge in [-0.25, -0.2) is 4.79 Å². The van der Waals surface area contributed by atoms with Crippen LogP contribution in [-0.4, -0.2) is 14.5 Å². The molecule has 0 fully saturated rings. The number of pyridine rings is 1. The van der Waals surface area contributed by atoms with Crippen LogP contribution in [0.5, 0.6) is 0 Å². The van der Waals surface area contributed by atoms with Crippen LogP contribution < -0.4 is 5.69 Å². The zero-order chi connectivity index (χ0) is 22.5. The van der Waals surface area contributed by atoms with Crippen molar-refractivity contribution in [1.82, 2.24) is 14.5 Å². The molecule has 0 saturated carbocycles. The Bertz CT molecular complexity index is 1590. The molecule has 0 saturated heterocycles. The number of rotatable bonds is 2. The molecule has 0 unspecified atom stereocenters. The fourth-order valence-electron chi connectivity index (χ4n) is 3.77. The SMILES string of the molecule is N#Cc1ccc(-c2ccc3ncc4[nH]c(=O)n(-c5cccc(C(F)(F)F)c5)c4c3c2)cc1. The van der Waals surface area contributed by atoms with Crippen molar-refractivity contribution in [3.8, 4) is 22.9 Å². The maximum Gasteiger partial charge on any atom is 0.416 e. The Morgan fingerprint density at radius 1 is 0.969 bits per heavy atom. The third-order valence-corrected chi connectivity index (χ3v) is 5.29. The third-order valence-electron chi connectivity index (χ3n) is 5.29. The minimum Gasteiger partial charge on any atom is -0.304 e. The minimum atomic E-state index is -4.53. The van der Waals surface area contributed by atoms with E-state index in [0.29, 0.717) is 27.5 Å². The topological polar surface area (TPSA) is 74.5 Å². The number of alkyl halides is 3. The van der Waals surface area contributed by atoms with Gasteiger partial charge < -0.3 is 4.98 Å². The van der Waals surface area contributed by atoms with Gasteiger partial charge in [0.2, 0.25) is 0 Å². The lowest BCUT2D eigenvalue weighted by atomic mass is 10.0. The van der Waals surface area contributed by atoms with Crippen molar-refractivity contribution in [3.63, 3.8) is 0 Å². The van der Waals surface area contributed by atoms with Crippen molar-refractivity contribution in [2.45, 2.75) is 6.18 Å². The van der Waals surface area contributed by atoms with Crippen LogP contribution >= 0.6 is 0 Å². The molecule has 0 bridgehead atoms. The Morgan fingerprint density at radius 2 is 1.72 bits per heavy atom. The normalized spacial score (nSPS) is 11.7. The third kappa shape index (κ3) is 3.20. The Labute approximate surface area is 179 Å². The number of fused-ring (bicyclic) bond motifs is 3. The highest BCUT2D eigenvalue weighted by Crippen LogP contribution is 2.32. The molecule has 0 aliphatic heterocycles. The van der Waals surface area contributed by atoms with Gasteiger partial charge >= 0.3 is 11.9 Å². The van der Waals surface area contributed by atoms with Crippen molar-refractivity contribution < 1.29 is 13.2 Å². The van der Waals surface area contributed by atoms with Crippen molar-refractivity contribution in [2.24, 2.45) is 0 Å². The molecule has 3 aromatic carbocycles. The van der Waals surface area contributed by atoms with Gasteiger partial charge in [-0.05, 0) is 53.6 Å². The van der Waals surface area contributed by atoms with Gasteiger partial charge in [0.1, 0.15) is 0 Å². The van der Waals surface area contributed by atoms with Gasteiger partial charge in [-0.15, -0.1) is 0 Å². The van der Waals surface area contributed by atoms with Crippen molar-refractivity contribution in [1.29, 1.82) is 5.26 Å². The van der Waals surface area contributed by atoms with Gasteiger partial charge in [0.25, 0.3) is 0 Å². The molecule has 0 spiro atoms. The summed E-state index contributed by atoms with van der Waals surface area (Å²) in [4.78, 5) is 19.8. The van der Waals surface area contributed by atoms with E-state index in [2.05, 4.69) is 16.0 Å². The summed E-state index contributed by atoms with van der Waals surface area (Å²) in [5, 5.41) is 9.62. The first-order chi connectivity index (χ1) is 15.3. The van der Waals surface area contributed by atoms with Crippen LogP contribution in [-0.2, 0) is 6.18 Å². The van der Waals surface area contributed by atoms with E-state index >= 15 is 0 Å². The summed E-state index contributed by atoms with van der Waals surface area (Å²) < 4.78 is 41.0. The van der Waals surface area contributed by atoms with E-state index in [1.807, 2.05) is 24.3 Å². The molecule has 5 nitrogen and oxygen atoms in total. The fraction of sp³-hybridized carbons (Fsp3) is 0.0417. The van der Waals surface area contributed by atoms with Crippen molar-refractivity contribution >= 4 is 21.9 Å². The summed E-state index contributed by atoms with van der Waals surface area (Å²) in [5.41, 5.74) is 2.36. The number of nitrogens with one attached hydrogen (secondary N) is 1. The van der Waals surface area contributed by atoms with Crippen LogP contribution in [0.25, 0.3) is 38.8 Å². The quantitative estimate of drug-likeness (QED) is 0.406. The smallest absolute Gasteiger partial charge is 0.304 e. The van der Waals surface area contributed by atoms with Crippen molar-refractivity contribution in [2.75, 3.05) is 0 Å². The van der Waals surface area contributed by atoms with Crippen LogP contribution in [0.4, 0.5) is 13.2 Å². The van der Waals surface area contributed by atoms with Crippen LogP contribution in [0, 0.1) is 11.3 Å². The van der Waals surface area contributed by atoms with Gasteiger partial charge in [0.15, 0.2) is 0 Å². The highest BCUT2D eigenvalue weighted by atomic mass is 19.4. The molecule has 5 aromatic rings. The molecule has 5 rings (SSSR count). The first-order valence-corrected chi connectivity index (χ1v) is 9.57. The number of aromatic amines is 1. The molecule has 32 heavy (non-hydrogen) atoms. The molecule has 0 aliphatic rings. The van der Waals surface area contributed by atoms with Crippen molar-refractivity contribution in [3.05, 3.63) is 94.5 Å². The first-order valence-electron chi connectivity index (χ1n) is 9.57. The molecule has 2 aromatic heterocycles. The first kappa shape index (κ1) is 19.6. The minimum absolute atomic E-state index is 0.104. The van der Waals surface area contributed by atoms with Crippen LogP contribution in [0.2, 0.25) is 0 Å². The number of hydrogen-bond donors (Lipinski definition) is 1. The lowest BCUT2D eigenvalue weighted by molar-refractivity contribution is -0.137. The number of halogens is 3. The number of H-pyrrole nitrogens is 1. The summed E-state index contributed by atoms with van der Waals surface area (Å²) in [7, 11) is 0. The number of benzene rings is 3. The molecule has 156 valence electrons. The second kappa shape index (κ2) is 7.10. The van der Waals surface area contributed by atoms with Crippen LogP contribution in [0.1, 0.15) is 11.1 Å². The summed E-state index contributed by atoms with van der Waals surface area (Å²) in [6, 6.07) is 19.2. The number of nitriles is 1. The molecule has 8 heteroatoms. The molecule has 2 heterocycles. The highest BCUT2D eigenvalue weighted by Gasteiger charge is 2.30. The second-order valence-corrected chi connectivity index (χ2v) is 7.26. The van der Waals surface area contributed by atoms with E-state index in [9.17, 15) is 18.0 Å². The zero-order valence-corrected chi connectivity index (χ0v) is 16.3. The number of nitrogens with zero attached hydrogens (tertiary/aromatic N) is 3. The molecule has 0 atom stereocenters. The molecule has 0 radical (unpaired) electrons. The average molecular weight is 430 g/mol. The summed E-state index contributed by atoms with van der Waals surface area (Å²) >= 11 is 0. The van der Waals surface area contributed by atoms with E-state index < -0.39 is 17.4 Å². The summed E-state index contributed by atoms with van der Waals surface area (Å²) in [6.45, 7) is 0. The molecular weight excluding hydrogens is 417 g/mol. The maximum absolute atomic E-state index is 13.2. The second-order valence-electron chi connectivity index (χ2n) is 7.26. The Morgan fingerprint density at radius 3 is 2.44 bits per heavy atom. The largest absolute Gasteiger partial charge is 0.416 e. The van der Waals surface area contributed by atoms with E-state index in [-0.39, 0.29) is 5.69 Å². The lowest BCUT2D eigenvalue weighted by Crippen LogP contribution is -2.15. The fourth-order valence-corrected chi connectivity index (χ4v) is 3.77. The monoisotopic (exact) mass is 430 g/mol. The summed E-state index contributed by atoms with van der Waals surface area (Å²) in [5.74, 6) is 0. The van der Waals surface area contributed by atoms with E-state index in [4.69, 9.17) is 5.26 Å². The summed E-state index contributed by atoms with van der Waals surface area (Å²) in [6.07, 6.45) is -3.04. The van der Waals surface area contributed by atoms with Crippen LogP contribution in [0.15, 0.2) is 77.7 Å². The standard InChI is InChI=1S/C24H13F3N4O/c25-24(26,27)17-2-1-3-18(11-17)31-22-19-10-16(15-6-4-14(12-28)5-7-15)8-9-20(19)29-13-21(22)30-23(31)32/h1-11,13H,(H,30,32). The van der Waals surface area contributed by atoms with Gasteiger partial charge in [0.05, 0.1) is 45.6 Å². The van der Waals surface area contributed by atoms with Gasteiger partial charge in [-0.1, -0.05) is 24.3 Å². The zero-order valence-electron chi connectivity index (χ0n) is 16.3. The molecule has 0 amide bonds. The van der Waals surface area contributed by atoms with Gasteiger partial charge in [-0.3, -0.25) is 9.55 Å². The Balaban J connectivity index is 1.78. The Kier molecular flexibility index (Phi) is 4.34. The number of imidazole rings is 1. The van der Waals surface area contributed by atoms with E-state index in [1.54, 1.807) is 18.2 Å². The number of hydrogen-bond acceptors (Lipinski definition) is 3. The van der Waals surface area contributed by atoms with E-state index in [1.165, 1.54) is 22.9 Å². The highest BCUT2D eigenvalue weighted by molar-refractivity contribution is 6.04. The predicted molar refractivity (Wildman–Crippen MR) is 114 cm³/mol. The van der Waals surface area contributed by atoms with Gasteiger partial charge in [0, 0.05) is 5.39 Å². The molecule has 0 aliphatic carbocycles. The lowest BCUT2D eigenvalue weighted by Gasteiger charge is -2.11. The molecular formula is C24H13F3N4O. The van der Waals surface area contributed by atoms with Gasteiger partial charge in [-0.2, -0.15) is 18.4 Å². The number of aromatic nitrogens is 3. The van der Waals surface area contributed by atoms with E-state index in [0.717, 1.165) is 23.3 Å². The Hall–Kier alpha value is -4.38. The maximum atomic E-state index is 13.2. The van der Waals surface area contributed by atoms with Crippen LogP contribution in [0.3, 0.4) is 0 Å². The predicted octanol–water partition coefficient (Wildman–Crippen LogP) is 5.42. The average Bonchev–Trinajstić information content (AvgIpc) is 3.14. The molecule has 1 N–H and O–H groups in total.